The lowest BCUT2D eigenvalue weighted by Crippen LogP contribution is -2.33. The van der Waals surface area contributed by atoms with Gasteiger partial charge in [-0.2, -0.15) is 11.8 Å². The van der Waals surface area contributed by atoms with Crippen LogP contribution in [-0.2, 0) is 0 Å². The van der Waals surface area contributed by atoms with Gasteiger partial charge in [0.1, 0.15) is 11.0 Å². The molecule has 1 atom stereocenters. The van der Waals surface area contributed by atoms with E-state index in [4.69, 9.17) is 11.6 Å². The standard InChI is InChI=1S/C14H22ClN3OS/c1-4-16-13-9-11(8-12(15)18-13)14(19)17-10(3)6-7-20-5-2/h8-10H,4-7H2,1-3H3,(H,16,18)(H,17,19). The number of halogens is 1. The molecule has 0 aromatic carbocycles. The molecule has 0 fully saturated rings. The monoisotopic (exact) mass is 315 g/mol. The van der Waals surface area contributed by atoms with Gasteiger partial charge in [0.05, 0.1) is 0 Å². The van der Waals surface area contributed by atoms with Gasteiger partial charge in [0.2, 0.25) is 0 Å². The fourth-order valence-electron chi connectivity index (χ4n) is 1.68. The quantitative estimate of drug-likeness (QED) is 0.570. The van der Waals surface area contributed by atoms with Crippen molar-refractivity contribution in [2.24, 2.45) is 0 Å². The lowest BCUT2D eigenvalue weighted by atomic mass is 10.2. The van der Waals surface area contributed by atoms with Crippen LogP contribution in [0.4, 0.5) is 5.82 Å². The number of pyridine rings is 1. The molecule has 2 N–H and O–H groups in total. The number of carbonyl (C=O) groups excluding carboxylic acids is 1. The predicted molar refractivity (Wildman–Crippen MR) is 88.0 cm³/mol. The second-order valence-corrected chi connectivity index (χ2v) is 6.24. The van der Waals surface area contributed by atoms with E-state index >= 15 is 0 Å². The average molecular weight is 316 g/mol. The third-order valence-electron chi connectivity index (χ3n) is 2.69. The third-order valence-corrected chi connectivity index (χ3v) is 3.82. The Hall–Kier alpha value is -0.940. The third kappa shape index (κ3) is 6.01. The van der Waals surface area contributed by atoms with Gasteiger partial charge in [0, 0.05) is 18.2 Å². The fourth-order valence-corrected chi connectivity index (χ4v) is 2.70. The van der Waals surface area contributed by atoms with Gasteiger partial charge in [-0.1, -0.05) is 18.5 Å². The molecule has 0 aliphatic heterocycles. The molecular formula is C14H22ClN3OS. The lowest BCUT2D eigenvalue weighted by Gasteiger charge is -2.14. The van der Waals surface area contributed by atoms with E-state index in [2.05, 4.69) is 22.5 Å². The van der Waals surface area contributed by atoms with Crippen LogP contribution in [0, 0.1) is 0 Å². The largest absolute Gasteiger partial charge is 0.370 e. The van der Waals surface area contributed by atoms with Crippen LogP contribution in [0.25, 0.3) is 0 Å². The molecule has 4 nitrogen and oxygen atoms in total. The number of nitrogens with one attached hydrogen (secondary N) is 2. The van der Waals surface area contributed by atoms with Gasteiger partial charge in [0.25, 0.3) is 5.91 Å². The first-order valence-corrected chi connectivity index (χ1v) is 8.40. The van der Waals surface area contributed by atoms with Gasteiger partial charge in [0.15, 0.2) is 0 Å². The van der Waals surface area contributed by atoms with Crippen molar-refractivity contribution in [1.29, 1.82) is 0 Å². The van der Waals surface area contributed by atoms with Crippen molar-refractivity contribution >= 4 is 35.1 Å². The van der Waals surface area contributed by atoms with Crippen LogP contribution >= 0.6 is 23.4 Å². The van der Waals surface area contributed by atoms with E-state index in [1.54, 1.807) is 12.1 Å². The molecule has 112 valence electrons. The average Bonchev–Trinajstić information content (AvgIpc) is 2.38. The van der Waals surface area contributed by atoms with Crippen molar-refractivity contribution in [3.63, 3.8) is 0 Å². The number of thioether (sulfide) groups is 1. The molecule has 0 aliphatic carbocycles. The molecule has 0 aliphatic rings. The minimum atomic E-state index is -0.109. The molecule has 1 heterocycles. The number of rotatable bonds is 8. The minimum Gasteiger partial charge on any atom is -0.370 e. The van der Waals surface area contributed by atoms with Crippen molar-refractivity contribution in [3.05, 3.63) is 22.8 Å². The summed E-state index contributed by atoms with van der Waals surface area (Å²) in [5, 5.41) is 6.37. The summed E-state index contributed by atoms with van der Waals surface area (Å²) >= 11 is 7.81. The summed E-state index contributed by atoms with van der Waals surface area (Å²) in [5.74, 6) is 2.67. The highest BCUT2D eigenvalue weighted by Gasteiger charge is 2.12. The zero-order chi connectivity index (χ0) is 15.0. The van der Waals surface area contributed by atoms with E-state index < -0.39 is 0 Å². The normalized spacial score (nSPS) is 12.0. The van der Waals surface area contributed by atoms with Crippen LogP contribution in [-0.4, -0.2) is 35.0 Å². The van der Waals surface area contributed by atoms with Crippen molar-refractivity contribution < 1.29 is 4.79 Å². The summed E-state index contributed by atoms with van der Waals surface area (Å²) in [6.45, 7) is 6.85. The Morgan fingerprint density at radius 2 is 2.20 bits per heavy atom. The van der Waals surface area contributed by atoms with E-state index in [0.717, 1.165) is 24.5 Å². The Labute approximate surface area is 130 Å². The van der Waals surface area contributed by atoms with Crippen LogP contribution in [0.2, 0.25) is 5.15 Å². The summed E-state index contributed by atoms with van der Waals surface area (Å²) in [6.07, 6.45) is 0.961. The molecule has 1 amide bonds. The van der Waals surface area contributed by atoms with Crippen LogP contribution < -0.4 is 10.6 Å². The number of hydrogen-bond donors (Lipinski definition) is 2. The zero-order valence-corrected chi connectivity index (χ0v) is 13.8. The molecule has 1 aromatic rings. The molecule has 0 spiro atoms. The van der Waals surface area contributed by atoms with Crippen molar-refractivity contribution in [2.75, 3.05) is 23.4 Å². The second kappa shape index (κ2) is 9.08. The molecule has 0 saturated carbocycles. The molecule has 0 saturated heterocycles. The van der Waals surface area contributed by atoms with Gasteiger partial charge in [-0.3, -0.25) is 4.79 Å². The Morgan fingerprint density at radius 1 is 1.45 bits per heavy atom. The summed E-state index contributed by atoms with van der Waals surface area (Å²) in [4.78, 5) is 16.3. The number of amides is 1. The Balaban J connectivity index is 2.62. The van der Waals surface area contributed by atoms with Gasteiger partial charge < -0.3 is 10.6 Å². The number of carbonyl (C=O) groups is 1. The number of hydrogen-bond acceptors (Lipinski definition) is 4. The highest BCUT2D eigenvalue weighted by Crippen LogP contribution is 2.15. The molecule has 20 heavy (non-hydrogen) atoms. The maximum atomic E-state index is 12.2. The Morgan fingerprint density at radius 3 is 2.85 bits per heavy atom. The van der Waals surface area contributed by atoms with Crippen LogP contribution in [0.3, 0.4) is 0 Å². The SMILES string of the molecule is CCNc1cc(C(=O)NC(C)CCSCC)cc(Cl)n1. The molecule has 0 radical (unpaired) electrons. The molecule has 1 rings (SSSR count). The number of nitrogens with zero attached hydrogens (tertiary/aromatic N) is 1. The smallest absolute Gasteiger partial charge is 0.251 e. The van der Waals surface area contributed by atoms with Gasteiger partial charge in [-0.05, 0) is 43.9 Å². The summed E-state index contributed by atoms with van der Waals surface area (Å²) in [6, 6.07) is 3.46. The van der Waals surface area contributed by atoms with Gasteiger partial charge in [-0.25, -0.2) is 4.98 Å². The minimum absolute atomic E-state index is 0.109. The zero-order valence-electron chi connectivity index (χ0n) is 12.2. The first-order valence-electron chi connectivity index (χ1n) is 6.86. The van der Waals surface area contributed by atoms with E-state index in [9.17, 15) is 4.79 Å². The summed E-state index contributed by atoms with van der Waals surface area (Å²) in [7, 11) is 0. The Kier molecular flexibility index (Phi) is 7.77. The van der Waals surface area contributed by atoms with Gasteiger partial charge >= 0.3 is 0 Å². The van der Waals surface area contributed by atoms with Crippen molar-refractivity contribution in [3.8, 4) is 0 Å². The lowest BCUT2D eigenvalue weighted by molar-refractivity contribution is 0.0939. The highest BCUT2D eigenvalue weighted by molar-refractivity contribution is 7.99. The molecule has 1 unspecified atom stereocenters. The van der Waals surface area contributed by atoms with Crippen molar-refractivity contribution in [1.82, 2.24) is 10.3 Å². The highest BCUT2D eigenvalue weighted by atomic mass is 35.5. The van der Waals surface area contributed by atoms with Crippen molar-refractivity contribution in [2.45, 2.75) is 33.2 Å². The second-order valence-electron chi connectivity index (χ2n) is 4.45. The Bertz CT molecular complexity index is 442. The number of aromatic nitrogens is 1. The molecular weight excluding hydrogens is 294 g/mol. The van der Waals surface area contributed by atoms with Gasteiger partial charge in [-0.15, -0.1) is 0 Å². The predicted octanol–water partition coefficient (Wildman–Crippen LogP) is 3.43. The first kappa shape index (κ1) is 17.1. The number of anilines is 1. The molecule has 0 bridgehead atoms. The molecule has 1 aromatic heterocycles. The first-order chi connectivity index (χ1) is 9.56. The van der Waals surface area contributed by atoms with Crippen LogP contribution in [0.1, 0.15) is 37.6 Å². The van der Waals surface area contributed by atoms with E-state index in [0.29, 0.717) is 16.5 Å². The topological polar surface area (TPSA) is 54.0 Å². The summed E-state index contributed by atoms with van der Waals surface area (Å²) < 4.78 is 0. The van der Waals surface area contributed by atoms with E-state index in [1.165, 1.54) is 0 Å². The fraction of sp³-hybridized carbons (Fsp3) is 0.571. The van der Waals surface area contributed by atoms with E-state index in [-0.39, 0.29) is 11.9 Å². The summed E-state index contributed by atoms with van der Waals surface area (Å²) in [5.41, 5.74) is 0.538. The van der Waals surface area contributed by atoms with E-state index in [1.807, 2.05) is 25.6 Å². The maximum absolute atomic E-state index is 12.2. The molecule has 6 heteroatoms. The van der Waals surface area contributed by atoms with Crippen LogP contribution in [0.15, 0.2) is 12.1 Å². The van der Waals surface area contributed by atoms with Crippen LogP contribution in [0.5, 0.6) is 0 Å². The maximum Gasteiger partial charge on any atom is 0.251 e.